The summed E-state index contributed by atoms with van der Waals surface area (Å²) in [6.45, 7) is 0. The lowest BCUT2D eigenvalue weighted by molar-refractivity contribution is 0.447. The standard InChI is InChI=1S/C57H32OS2/c1-3-11-39-33(9-1)19-25-47-55(39)58-56-40-12-4-2-10-34(40)20-26-48(56)57(47)49-31-37(35-21-27-53-45(29-35)43-13-5-7-15-51(43)59-53)17-23-41(49)42-24-18-38(32-50(42)57)36-22-28-54-46(30-36)44-14-6-8-16-52(44)60-54/h1-32H. The second-order valence-electron chi connectivity index (χ2n) is 16.3. The van der Waals surface area contributed by atoms with Crippen molar-refractivity contribution in [3.8, 4) is 44.9 Å². The average molecular weight is 797 g/mol. The smallest absolute Gasteiger partial charge is 0.140 e. The number of thiophene rings is 2. The van der Waals surface area contributed by atoms with Gasteiger partial charge in [0.05, 0.1) is 5.41 Å². The van der Waals surface area contributed by atoms with Crippen LogP contribution in [-0.4, -0.2) is 0 Å². The predicted molar refractivity (Wildman–Crippen MR) is 255 cm³/mol. The van der Waals surface area contributed by atoms with Gasteiger partial charge in [-0.25, -0.2) is 0 Å². The van der Waals surface area contributed by atoms with Crippen molar-refractivity contribution in [2.24, 2.45) is 0 Å². The third-order valence-electron chi connectivity index (χ3n) is 13.3. The average Bonchev–Trinajstić information content (AvgIpc) is 3.96. The van der Waals surface area contributed by atoms with Crippen LogP contribution in [0.4, 0.5) is 0 Å². The first-order valence-corrected chi connectivity index (χ1v) is 22.2. The number of ether oxygens (including phenoxy) is 1. The molecule has 278 valence electrons. The topological polar surface area (TPSA) is 9.23 Å². The van der Waals surface area contributed by atoms with E-state index in [9.17, 15) is 0 Å². The Balaban J connectivity index is 1.09. The summed E-state index contributed by atoms with van der Waals surface area (Å²) in [5.74, 6) is 1.87. The van der Waals surface area contributed by atoms with E-state index in [1.165, 1.54) is 107 Å². The Bertz CT molecular complexity index is 3580. The van der Waals surface area contributed by atoms with E-state index in [2.05, 4.69) is 194 Å². The minimum atomic E-state index is -0.661. The molecule has 3 heterocycles. The fourth-order valence-corrected chi connectivity index (χ4v) is 12.8. The van der Waals surface area contributed by atoms with Crippen LogP contribution in [-0.2, 0) is 5.41 Å². The van der Waals surface area contributed by atoms with E-state index in [4.69, 9.17) is 4.74 Å². The monoisotopic (exact) mass is 796 g/mol. The molecule has 0 radical (unpaired) electrons. The minimum Gasteiger partial charge on any atom is -0.455 e. The first-order chi connectivity index (χ1) is 29.7. The van der Waals surface area contributed by atoms with Crippen LogP contribution in [0, 0.1) is 0 Å². The van der Waals surface area contributed by atoms with Crippen LogP contribution in [0.3, 0.4) is 0 Å². The maximum absolute atomic E-state index is 7.31. The summed E-state index contributed by atoms with van der Waals surface area (Å²) in [6, 6.07) is 72.7. The summed E-state index contributed by atoms with van der Waals surface area (Å²) < 4.78 is 12.6. The van der Waals surface area contributed by atoms with Crippen molar-refractivity contribution in [3.05, 3.63) is 216 Å². The molecule has 0 amide bonds. The van der Waals surface area contributed by atoms with Crippen LogP contribution in [0.2, 0.25) is 0 Å². The van der Waals surface area contributed by atoms with Crippen molar-refractivity contribution in [3.63, 3.8) is 0 Å². The van der Waals surface area contributed by atoms with Crippen LogP contribution in [0.25, 0.3) is 95.3 Å². The van der Waals surface area contributed by atoms with E-state index >= 15 is 0 Å². The number of rotatable bonds is 2. The molecule has 60 heavy (non-hydrogen) atoms. The molecule has 0 saturated heterocycles. The zero-order valence-electron chi connectivity index (χ0n) is 32.2. The summed E-state index contributed by atoms with van der Waals surface area (Å²) in [4.78, 5) is 0. The summed E-state index contributed by atoms with van der Waals surface area (Å²) in [5.41, 5.74) is 11.7. The zero-order chi connectivity index (χ0) is 39.1. The number of fused-ring (bicyclic) bond motifs is 19. The van der Waals surface area contributed by atoms with E-state index in [0.717, 1.165) is 22.3 Å². The lowest BCUT2D eigenvalue weighted by Crippen LogP contribution is -2.32. The SMILES string of the molecule is c1ccc2c3c(ccc2c1)C1(c2cc(-c4ccc5sc6ccccc6c5c4)ccc2-c2ccc(-c4ccc5sc6ccccc6c5c4)cc21)c1ccc2ccccc2c1O3. The second kappa shape index (κ2) is 12.0. The van der Waals surface area contributed by atoms with Crippen molar-refractivity contribution >= 4 is 84.6 Å². The van der Waals surface area contributed by atoms with Crippen molar-refractivity contribution in [1.82, 2.24) is 0 Å². The highest BCUT2D eigenvalue weighted by atomic mass is 32.1. The van der Waals surface area contributed by atoms with E-state index in [1.807, 2.05) is 22.7 Å². The highest BCUT2D eigenvalue weighted by Crippen LogP contribution is 2.64. The molecule has 3 heteroatoms. The molecule has 0 N–H and O–H groups in total. The van der Waals surface area contributed by atoms with Gasteiger partial charge in [-0.3, -0.25) is 0 Å². The first-order valence-electron chi connectivity index (χ1n) is 20.6. The predicted octanol–water partition coefficient (Wildman–Crippen LogP) is 16.5. The molecule has 2 aliphatic rings. The van der Waals surface area contributed by atoms with Crippen molar-refractivity contribution in [2.45, 2.75) is 5.41 Å². The Morgan fingerprint density at radius 2 is 0.700 bits per heavy atom. The molecule has 0 atom stereocenters. The van der Waals surface area contributed by atoms with Crippen molar-refractivity contribution in [2.75, 3.05) is 0 Å². The molecule has 14 rings (SSSR count). The van der Waals surface area contributed by atoms with Gasteiger partial charge in [0.15, 0.2) is 0 Å². The van der Waals surface area contributed by atoms with Gasteiger partial charge in [-0.15, -0.1) is 22.7 Å². The molecule has 12 aromatic rings. The van der Waals surface area contributed by atoms with Crippen LogP contribution >= 0.6 is 22.7 Å². The molecule has 2 aromatic heterocycles. The lowest BCUT2D eigenvalue weighted by Gasteiger charge is -2.40. The van der Waals surface area contributed by atoms with Gasteiger partial charge in [0.25, 0.3) is 0 Å². The van der Waals surface area contributed by atoms with Gasteiger partial charge in [-0.2, -0.15) is 0 Å². The van der Waals surface area contributed by atoms with Crippen LogP contribution in [0.5, 0.6) is 11.5 Å². The van der Waals surface area contributed by atoms with Crippen molar-refractivity contribution in [1.29, 1.82) is 0 Å². The fraction of sp³-hybridized carbons (Fsp3) is 0.0175. The summed E-state index contributed by atoms with van der Waals surface area (Å²) >= 11 is 3.74. The van der Waals surface area contributed by atoms with Gasteiger partial charge in [0.2, 0.25) is 0 Å². The van der Waals surface area contributed by atoms with Crippen molar-refractivity contribution < 1.29 is 4.74 Å². The van der Waals surface area contributed by atoms with Crippen LogP contribution in [0.15, 0.2) is 194 Å². The Labute approximate surface area is 354 Å². The lowest BCUT2D eigenvalue weighted by atomic mass is 9.65. The third kappa shape index (κ3) is 4.35. The summed E-state index contributed by atoms with van der Waals surface area (Å²) in [5, 5.41) is 9.85. The first kappa shape index (κ1) is 32.9. The molecule has 1 aliphatic heterocycles. The minimum absolute atomic E-state index is 0.661. The van der Waals surface area contributed by atoms with Gasteiger partial charge < -0.3 is 4.74 Å². The maximum atomic E-state index is 7.31. The molecule has 1 aliphatic carbocycles. The number of benzene rings is 10. The molecule has 10 aromatic carbocycles. The molecule has 0 bridgehead atoms. The van der Waals surface area contributed by atoms with Gasteiger partial charge in [0.1, 0.15) is 11.5 Å². The zero-order valence-corrected chi connectivity index (χ0v) is 33.8. The van der Waals surface area contributed by atoms with E-state index in [1.54, 1.807) is 0 Å². The van der Waals surface area contributed by atoms with Gasteiger partial charge in [0, 0.05) is 62.2 Å². The Morgan fingerprint density at radius 3 is 1.20 bits per heavy atom. The molecule has 0 saturated carbocycles. The van der Waals surface area contributed by atoms with E-state index < -0.39 is 5.41 Å². The Hall–Kier alpha value is -7.04. The van der Waals surface area contributed by atoms with Crippen LogP contribution < -0.4 is 4.74 Å². The number of hydrogen-bond donors (Lipinski definition) is 0. The van der Waals surface area contributed by atoms with Gasteiger partial charge in [-0.1, -0.05) is 146 Å². The highest BCUT2D eigenvalue weighted by molar-refractivity contribution is 7.26. The van der Waals surface area contributed by atoms with Crippen LogP contribution in [0.1, 0.15) is 22.3 Å². The summed E-state index contributed by atoms with van der Waals surface area (Å²) in [6.07, 6.45) is 0. The molecule has 0 unspecified atom stereocenters. The van der Waals surface area contributed by atoms with E-state index in [0.29, 0.717) is 0 Å². The molecular formula is C57H32OS2. The fourth-order valence-electron chi connectivity index (χ4n) is 10.6. The summed E-state index contributed by atoms with van der Waals surface area (Å²) in [7, 11) is 0. The number of hydrogen-bond acceptors (Lipinski definition) is 3. The molecular weight excluding hydrogens is 765 g/mol. The molecule has 1 spiro atoms. The largest absolute Gasteiger partial charge is 0.455 e. The molecule has 1 nitrogen and oxygen atoms in total. The van der Waals surface area contributed by atoms with Gasteiger partial charge in [-0.05, 0) is 104 Å². The Morgan fingerprint density at radius 1 is 0.300 bits per heavy atom. The second-order valence-corrected chi connectivity index (χ2v) is 18.5. The normalized spacial score (nSPS) is 13.6. The quantitative estimate of drug-likeness (QED) is 0.169. The Kier molecular flexibility index (Phi) is 6.58. The highest BCUT2D eigenvalue weighted by Gasteiger charge is 2.52. The maximum Gasteiger partial charge on any atom is 0.140 e. The van der Waals surface area contributed by atoms with E-state index in [-0.39, 0.29) is 0 Å². The van der Waals surface area contributed by atoms with Gasteiger partial charge >= 0.3 is 0 Å². The third-order valence-corrected chi connectivity index (χ3v) is 15.6. The molecule has 0 fully saturated rings.